The number of piperidine rings is 1. The van der Waals surface area contributed by atoms with Crippen molar-refractivity contribution in [3.8, 4) is 5.75 Å². The molecule has 2 aromatic carbocycles. The van der Waals surface area contributed by atoms with Crippen LogP contribution in [0.2, 0.25) is 0 Å². The number of likely N-dealkylation sites (tertiary alicyclic amines) is 1. The summed E-state index contributed by atoms with van der Waals surface area (Å²) in [5, 5.41) is 6.97. The zero-order valence-corrected chi connectivity index (χ0v) is 18.9. The molecule has 1 aliphatic heterocycles. The molecule has 0 aliphatic carbocycles. The molecule has 4 rings (SSSR count). The fourth-order valence-corrected chi connectivity index (χ4v) is 4.10. The molecule has 7 nitrogen and oxygen atoms in total. The van der Waals surface area contributed by atoms with Crippen LogP contribution in [0.1, 0.15) is 24.8 Å². The second-order valence-electron chi connectivity index (χ2n) is 8.41. The van der Waals surface area contributed by atoms with E-state index in [2.05, 4.69) is 15.6 Å². The van der Waals surface area contributed by atoms with Crippen molar-refractivity contribution in [2.45, 2.75) is 26.2 Å². The van der Waals surface area contributed by atoms with Crippen molar-refractivity contribution in [2.24, 2.45) is 5.92 Å². The number of para-hydroxylation sites is 1. The third-order valence-corrected chi connectivity index (χ3v) is 5.82. The van der Waals surface area contributed by atoms with Gasteiger partial charge in [0, 0.05) is 36.9 Å². The largest absolute Gasteiger partial charge is 0.491 e. The number of benzene rings is 2. The first-order valence-electron chi connectivity index (χ1n) is 11.5. The van der Waals surface area contributed by atoms with Gasteiger partial charge in [-0.05, 0) is 56.0 Å². The van der Waals surface area contributed by atoms with Gasteiger partial charge in [0.25, 0.3) is 0 Å². The normalized spacial score (nSPS) is 15.8. The molecule has 0 spiro atoms. The summed E-state index contributed by atoms with van der Waals surface area (Å²) in [6, 6.07) is 17.3. The summed E-state index contributed by atoms with van der Waals surface area (Å²) in [6.45, 7) is 4.10. The van der Waals surface area contributed by atoms with Crippen LogP contribution < -0.4 is 15.4 Å². The number of nitrogens with one attached hydrogen (secondary N) is 2. The third-order valence-electron chi connectivity index (χ3n) is 5.82. The number of hydrogen-bond donors (Lipinski definition) is 2. The molecule has 0 bridgehead atoms. The van der Waals surface area contributed by atoms with Crippen LogP contribution in [0.25, 0.3) is 10.9 Å². The summed E-state index contributed by atoms with van der Waals surface area (Å²) in [4.78, 5) is 31.4. The second kappa shape index (κ2) is 10.8. The Hall–Kier alpha value is -3.61. The lowest BCUT2D eigenvalue weighted by Gasteiger charge is -2.32. The van der Waals surface area contributed by atoms with Crippen molar-refractivity contribution in [3.05, 3.63) is 66.4 Å². The van der Waals surface area contributed by atoms with Gasteiger partial charge in [-0.25, -0.2) is 4.79 Å². The average Bonchev–Trinajstić information content (AvgIpc) is 2.84. The Balaban J connectivity index is 1.20. The topological polar surface area (TPSA) is 83.6 Å². The Labute approximate surface area is 194 Å². The molecule has 3 aromatic rings. The summed E-state index contributed by atoms with van der Waals surface area (Å²) < 4.78 is 5.89. The predicted molar refractivity (Wildman–Crippen MR) is 129 cm³/mol. The Morgan fingerprint density at radius 3 is 2.88 bits per heavy atom. The highest BCUT2D eigenvalue weighted by Gasteiger charge is 2.28. The van der Waals surface area contributed by atoms with Crippen LogP contribution in [0.4, 0.5) is 10.5 Å². The SMILES string of the molecule is Cc1cccc(NC(=O)N2CCCC(C(=O)NCCCOc3cccc4cccnc34)C2)c1. The lowest BCUT2D eigenvalue weighted by atomic mass is 9.97. The zero-order chi connectivity index (χ0) is 23.0. The molecule has 1 aliphatic rings. The van der Waals surface area contributed by atoms with Gasteiger partial charge < -0.3 is 20.3 Å². The summed E-state index contributed by atoms with van der Waals surface area (Å²) in [7, 11) is 0. The highest BCUT2D eigenvalue weighted by molar-refractivity contribution is 5.90. The summed E-state index contributed by atoms with van der Waals surface area (Å²) in [5.74, 6) is 0.557. The highest BCUT2D eigenvalue weighted by atomic mass is 16.5. The van der Waals surface area contributed by atoms with E-state index in [1.165, 1.54) is 0 Å². The molecule has 2 heterocycles. The maximum absolute atomic E-state index is 12.7. The molecule has 1 atom stereocenters. The van der Waals surface area contributed by atoms with Crippen molar-refractivity contribution in [1.82, 2.24) is 15.2 Å². The van der Waals surface area contributed by atoms with Crippen LogP contribution in [0.3, 0.4) is 0 Å². The Morgan fingerprint density at radius 1 is 1.15 bits per heavy atom. The van der Waals surface area contributed by atoms with Gasteiger partial charge in [0.15, 0.2) is 0 Å². The van der Waals surface area contributed by atoms with Gasteiger partial charge in [0.1, 0.15) is 11.3 Å². The molecule has 1 saturated heterocycles. The number of urea groups is 1. The number of ether oxygens (including phenoxy) is 1. The van der Waals surface area contributed by atoms with Crippen molar-refractivity contribution < 1.29 is 14.3 Å². The van der Waals surface area contributed by atoms with Crippen LogP contribution in [0.5, 0.6) is 5.75 Å². The Morgan fingerprint density at radius 2 is 2.00 bits per heavy atom. The van der Waals surface area contributed by atoms with Gasteiger partial charge in [-0.2, -0.15) is 0 Å². The summed E-state index contributed by atoms with van der Waals surface area (Å²) >= 11 is 0. The molecule has 7 heteroatoms. The number of aromatic nitrogens is 1. The van der Waals surface area contributed by atoms with Gasteiger partial charge in [-0.15, -0.1) is 0 Å². The average molecular weight is 447 g/mol. The fraction of sp³-hybridized carbons (Fsp3) is 0.346. The smallest absolute Gasteiger partial charge is 0.321 e. The number of hydrogen-bond acceptors (Lipinski definition) is 4. The Bertz CT molecular complexity index is 1110. The lowest BCUT2D eigenvalue weighted by Crippen LogP contribution is -2.47. The molecule has 33 heavy (non-hydrogen) atoms. The standard InChI is InChI=1S/C26H30N4O3/c1-19-7-2-11-22(17-19)29-26(32)30-15-5-10-21(18-30)25(31)28-14-6-16-33-23-12-3-8-20-9-4-13-27-24(20)23/h2-4,7-9,11-13,17,21H,5-6,10,14-16,18H2,1H3,(H,28,31)(H,29,32). The van der Waals surface area contributed by atoms with Crippen LogP contribution in [-0.2, 0) is 4.79 Å². The monoisotopic (exact) mass is 446 g/mol. The van der Waals surface area contributed by atoms with Crippen LogP contribution >= 0.6 is 0 Å². The maximum atomic E-state index is 12.7. The predicted octanol–water partition coefficient (Wildman–Crippen LogP) is 4.37. The van der Waals surface area contributed by atoms with E-state index in [-0.39, 0.29) is 17.9 Å². The van der Waals surface area contributed by atoms with Crippen LogP contribution in [0, 0.1) is 12.8 Å². The van der Waals surface area contributed by atoms with Crippen molar-refractivity contribution in [3.63, 3.8) is 0 Å². The van der Waals surface area contributed by atoms with Crippen molar-refractivity contribution in [2.75, 3.05) is 31.6 Å². The van der Waals surface area contributed by atoms with Crippen LogP contribution in [0.15, 0.2) is 60.8 Å². The number of aryl methyl sites for hydroxylation is 1. The molecule has 2 N–H and O–H groups in total. The first-order chi connectivity index (χ1) is 16.1. The highest BCUT2D eigenvalue weighted by Crippen LogP contribution is 2.23. The molecule has 1 aromatic heterocycles. The number of fused-ring (bicyclic) bond motifs is 1. The van der Waals surface area contributed by atoms with E-state index in [4.69, 9.17) is 4.74 Å². The molecule has 172 valence electrons. The van der Waals surface area contributed by atoms with E-state index in [1.807, 2.05) is 61.5 Å². The number of pyridine rings is 1. The molecule has 0 saturated carbocycles. The van der Waals surface area contributed by atoms with Crippen molar-refractivity contribution in [1.29, 1.82) is 0 Å². The first-order valence-corrected chi connectivity index (χ1v) is 11.5. The van der Waals surface area contributed by atoms with E-state index >= 15 is 0 Å². The molecular formula is C26H30N4O3. The minimum atomic E-state index is -0.190. The van der Waals surface area contributed by atoms with Gasteiger partial charge in [0.05, 0.1) is 12.5 Å². The number of rotatable bonds is 7. The number of anilines is 1. The molecule has 0 radical (unpaired) electrons. The molecule has 3 amide bonds. The first kappa shape index (κ1) is 22.6. The fourth-order valence-electron chi connectivity index (χ4n) is 4.10. The van der Waals surface area contributed by atoms with Gasteiger partial charge in [0.2, 0.25) is 5.91 Å². The molecule has 1 unspecified atom stereocenters. The minimum absolute atomic E-state index is 0.00474. The zero-order valence-electron chi connectivity index (χ0n) is 18.9. The maximum Gasteiger partial charge on any atom is 0.321 e. The number of carbonyl (C=O) groups is 2. The quantitative estimate of drug-likeness (QED) is 0.528. The molecule has 1 fully saturated rings. The lowest BCUT2D eigenvalue weighted by molar-refractivity contribution is -0.126. The minimum Gasteiger partial charge on any atom is -0.491 e. The number of carbonyl (C=O) groups excluding carboxylic acids is 2. The van der Waals surface area contributed by atoms with E-state index in [0.29, 0.717) is 32.7 Å². The van der Waals surface area contributed by atoms with Crippen molar-refractivity contribution >= 4 is 28.5 Å². The third kappa shape index (κ3) is 6.00. The van der Waals surface area contributed by atoms with E-state index in [0.717, 1.165) is 40.7 Å². The second-order valence-corrected chi connectivity index (χ2v) is 8.41. The van der Waals surface area contributed by atoms with Crippen LogP contribution in [-0.4, -0.2) is 48.1 Å². The van der Waals surface area contributed by atoms with E-state index < -0.39 is 0 Å². The van der Waals surface area contributed by atoms with Gasteiger partial charge in [-0.3, -0.25) is 9.78 Å². The summed E-state index contributed by atoms with van der Waals surface area (Å²) in [6.07, 6.45) is 4.05. The Kier molecular flexibility index (Phi) is 7.40. The number of amides is 3. The van der Waals surface area contributed by atoms with Gasteiger partial charge >= 0.3 is 6.03 Å². The van der Waals surface area contributed by atoms with E-state index in [1.54, 1.807) is 11.1 Å². The van der Waals surface area contributed by atoms with E-state index in [9.17, 15) is 9.59 Å². The summed E-state index contributed by atoms with van der Waals surface area (Å²) in [5.41, 5.74) is 2.70. The number of nitrogens with zero attached hydrogens (tertiary/aromatic N) is 2. The molecular weight excluding hydrogens is 416 g/mol. The van der Waals surface area contributed by atoms with Gasteiger partial charge in [-0.1, -0.05) is 30.3 Å².